The fourth-order valence-electron chi connectivity index (χ4n) is 9.51. The summed E-state index contributed by atoms with van der Waals surface area (Å²) < 4.78 is 4.60. The Bertz CT molecular complexity index is 3400. The van der Waals surface area contributed by atoms with Crippen molar-refractivity contribution in [3.63, 3.8) is 0 Å². The van der Waals surface area contributed by atoms with Gasteiger partial charge in [0, 0.05) is 55.1 Å². The minimum atomic E-state index is -0.559. The van der Waals surface area contributed by atoms with Crippen LogP contribution in [0.5, 0.6) is 0 Å². The Morgan fingerprint density at radius 3 is 1.66 bits per heavy atom. The van der Waals surface area contributed by atoms with E-state index in [1.54, 1.807) is 11.8 Å². The highest BCUT2D eigenvalue weighted by Gasteiger charge is 2.51. The second-order valence-electron chi connectivity index (χ2n) is 14.4. The zero-order valence-electron chi connectivity index (χ0n) is 29.6. The highest BCUT2D eigenvalue weighted by molar-refractivity contribution is 7.99. The SMILES string of the molecule is N#Cc1ccc2c(c1)c1ccccc1n2-c1ccc2c(c1)c1cc(C#N)ccc1n2-c1ccc2c(c1)Sc1ccccc1C21c2cccnc2-c2ncccc21. The van der Waals surface area contributed by atoms with Crippen LogP contribution in [0, 0.1) is 22.7 Å². The van der Waals surface area contributed by atoms with Crippen molar-refractivity contribution in [1.82, 2.24) is 19.1 Å². The molecule has 56 heavy (non-hydrogen) atoms. The van der Waals surface area contributed by atoms with E-state index in [2.05, 4.69) is 118 Å². The first kappa shape index (κ1) is 31.0. The molecule has 6 aromatic carbocycles. The van der Waals surface area contributed by atoms with Crippen LogP contribution in [0.1, 0.15) is 33.4 Å². The van der Waals surface area contributed by atoms with Crippen molar-refractivity contribution >= 4 is 55.4 Å². The van der Waals surface area contributed by atoms with Crippen LogP contribution < -0.4 is 0 Å². The number of fused-ring (bicyclic) bond motifs is 15. The third kappa shape index (κ3) is 3.94. The van der Waals surface area contributed by atoms with Gasteiger partial charge in [-0.25, -0.2) is 0 Å². The van der Waals surface area contributed by atoms with E-state index in [0.29, 0.717) is 11.1 Å². The molecule has 1 aliphatic carbocycles. The van der Waals surface area contributed by atoms with Gasteiger partial charge in [-0.15, -0.1) is 0 Å². The molecule has 0 atom stereocenters. The smallest absolute Gasteiger partial charge is 0.0991 e. The molecule has 1 aliphatic heterocycles. The predicted octanol–water partition coefficient (Wildman–Crippen LogP) is 11.2. The van der Waals surface area contributed by atoms with Crippen LogP contribution in [-0.2, 0) is 5.41 Å². The van der Waals surface area contributed by atoms with Crippen LogP contribution in [0.15, 0.2) is 168 Å². The number of nitrogens with zero attached hydrogens (tertiary/aromatic N) is 6. The van der Waals surface area contributed by atoms with Gasteiger partial charge in [0.2, 0.25) is 0 Å². The molecule has 5 heterocycles. The Morgan fingerprint density at radius 1 is 0.446 bits per heavy atom. The van der Waals surface area contributed by atoms with Crippen LogP contribution in [0.25, 0.3) is 66.4 Å². The Kier molecular flexibility index (Phi) is 6.24. The number of hydrogen-bond acceptors (Lipinski definition) is 5. The Labute approximate surface area is 325 Å². The first-order valence-corrected chi connectivity index (χ1v) is 19.2. The van der Waals surface area contributed by atoms with Crippen molar-refractivity contribution in [3.05, 3.63) is 191 Å². The van der Waals surface area contributed by atoms with Gasteiger partial charge in [-0.1, -0.05) is 66.4 Å². The lowest BCUT2D eigenvalue weighted by atomic mass is 9.67. The monoisotopic (exact) mass is 730 g/mol. The van der Waals surface area contributed by atoms with E-state index in [4.69, 9.17) is 9.97 Å². The Balaban J connectivity index is 1.11. The predicted molar refractivity (Wildman–Crippen MR) is 222 cm³/mol. The molecule has 0 radical (unpaired) electrons. The third-order valence-electron chi connectivity index (χ3n) is 11.7. The van der Waals surface area contributed by atoms with Gasteiger partial charge >= 0.3 is 0 Å². The summed E-state index contributed by atoms with van der Waals surface area (Å²) in [6, 6.07) is 55.6. The normalized spacial score (nSPS) is 13.4. The molecule has 0 bridgehead atoms. The summed E-state index contributed by atoms with van der Waals surface area (Å²) in [7, 11) is 0. The second-order valence-corrected chi connectivity index (χ2v) is 15.5. The van der Waals surface area contributed by atoms with Gasteiger partial charge in [0.05, 0.1) is 62.1 Å². The minimum absolute atomic E-state index is 0.559. The molecule has 2 aliphatic rings. The van der Waals surface area contributed by atoms with E-state index in [9.17, 15) is 10.5 Å². The molecule has 10 aromatic rings. The summed E-state index contributed by atoms with van der Waals surface area (Å²) >= 11 is 1.81. The quantitative estimate of drug-likeness (QED) is 0.177. The van der Waals surface area contributed by atoms with Crippen molar-refractivity contribution in [1.29, 1.82) is 10.5 Å². The zero-order chi connectivity index (χ0) is 37.1. The van der Waals surface area contributed by atoms with Crippen molar-refractivity contribution in [2.24, 2.45) is 0 Å². The summed E-state index contributed by atoms with van der Waals surface area (Å²) in [5.74, 6) is 0. The van der Waals surface area contributed by atoms with Gasteiger partial charge in [-0.2, -0.15) is 10.5 Å². The van der Waals surface area contributed by atoms with Crippen molar-refractivity contribution in [2.75, 3.05) is 0 Å². The molecule has 0 saturated heterocycles. The van der Waals surface area contributed by atoms with Crippen LogP contribution in [0.2, 0.25) is 0 Å². The molecule has 7 heteroatoms. The van der Waals surface area contributed by atoms with Crippen LogP contribution >= 0.6 is 11.8 Å². The number of aromatic nitrogens is 4. The highest BCUT2D eigenvalue weighted by Crippen LogP contribution is 2.61. The molecule has 0 N–H and O–H groups in total. The van der Waals surface area contributed by atoms with E-state index < -0.39 is 5.41 Å². The molecule has 0 fully saturated rings. The maximum atomic E-state index is 10.0. The molecule has 4 aromatic heterocycles. The summed E-state index contributed by atoms with van der Waals surface area (Å²) in [6.07, 6.45) is 3.72. The molecular formula is C49H26N6S. The maximum absolute atomic E-state index is 10.0. The van der Waals surface area contributed by atoms with Crippen LogP contribution in [0.4, 0.5) is 0 Å². The van der Waals surface area contributed by atoms with Crippen LogP contribution in [-0.4, -0.2) is 19.1 Å². The molecule has 258 valence electrons. The van der Waals surface area contributed by atoms with Crippen molar-refractivity contribution < 1.29 is 0 Å². The molecule has 0 unspecified atom stereocenters. The Morgan fingerprint density at radius 2 is 0.964 bits per heavy atom. The molecule has 12 rings (SSSR count). The fraction of sp³-hybridized carbons (Fsp3) is 0.0204. The topological polar surface area (TPSA) is 83.2 Å². The molecule has 0 saturated carbocycles. The second kappa shape index (κ2) is 11.3. The lowest BCUT2D eigenvalue weighted by Gasteiger charge is -2.39. The van der Waals surface area contributed by atoms with Gasteiger partial charge in [-0.3, -0.25) is 9.97 Å². The standard InChI is InChI=1S/C49H26N6S/c50-27-29-13-18-42-34(23-29)33-7-1-3-11-41(33)54(42)31-16-20-44-36(25-31)35-24-30(28-51)14-19-43(35)55(44)32-15-17-38-46(26-32)56-45-12-4-2-8-37(45)49(38)39-9-5-21-52-47(39)48-40(49)10-6-22-53-48/h1-26H. The Hall–Kier alpha value is -7.45. The average Bonchev–Trinajstić information content (AvgIpc) is 3.87. The van der Waals surface area contributed by atoms with Crippen molar-refractivity contribution in [2.45, 2.75) is 15.2 Å². The number of benzene rings is 6. The van der Waals surface area contributed by atoms with E-state index in [1.807, 2.05) is 60.9 Å². The third-order valence-corrected chi connectivity index (χ3v) is 12.9. The number of nitriles is 2. The first-order valence-electron chi connectivity index (χ1n) is 18.4. The summed E-state index contributed by atoms with van der Waals surface area (Å²) in [5.41, 5.74) is 13.5. The lowest BCUT2D eigenvalue weighted by Crippen LogP contribution is -2.32. The highest BCUT2D eigenvalue weighted by atomic mass is 32.2. The fourth-order valence-corrected chi connectivity index (χ4v) is 10.7. The number of pyridine rings is 2. The molecule has 1 spiro atoms. The minimum Gasteiger partial charge on any atom is -0.309 e. The van der Waals surface area contributed by atoms with Gasteiger partial charge < -0.3 is 9.13 Å². The van der Waals surface area contributed by atoms with Gasteiger partial charge in [0.1, 0.15) is 0 Å². The summed E-state index contributed by atoms with van der Waals surface area (Å²) in [6.45, 7) is 0. The van der Waals surface area contributed by atoms with Gasteiger partial charge in [0.25, 0.3) is 0 Å². The van der Waals surface area contributed by atoms with Gasteiger partial charge in [0.15, 0.2) is 0 Å². The lowest BCUT2D eigenvalue weighted by molar-refractivity contribution is 0.719. The number of hydrogen-bond donors (Lipinski definition) is 0. The summed E-state index contributed by atoms with van der Waals surface area (Å²) in [5, 5.41) is 23.9. The van der Waals surface area contributed by atoms with E-state index in [0.717, 1.165) is 77.5 Å². The molecular weight excluding hydrogens is 705 g/mol. The number of para-hydroxylation sites is 1. The zero-order valence-corrected chi connectivity index (χ0v) is 30.4. The molecule has 6 nitrogen and oxygen atoms in total. The van der Waals surface area contributed by atoms with Gasteiger partial charge in [-0.05, 0) is 113 Å². The van der Waals surface area contributed by atoms with E-state index >= 15 is 0 Å². The first-order chi connectivity index (χ1) is 27.7. The van der Waals surface area contributed by atoms with Crippen molar-refractivity contribution in [3.8, 4) is 34.9 Å². The average molecular weight is 731 g/mol. The largest absolute Gasteiger partial charge is 0.309 e. The van der Waals surface area contributed by atoms with Crippen LogP contribution in [0.3, 0.4) is 0 Å². The van der Waals surface area contributed by atoms with E-state index in [1.165, 1.54) is 20.9 Å². The maximum Gasteiger partial charge on any atom is 0.0991 e. The summed E-state index contributed by atoms with van der Waals surface area (Å²) in [4.78, 5) is 12.2. The van der Waals surface area contributed by atoms with E-state index in [-0.39, 0.29) is 0 Å². The molecule has 0 amide bonds. The number of rotatable bonds is 2.